The lowest BCUT2D eigenvalue weighted by atomic mass is 10.1. The molecule has 4 rings (SSSR count). The van der Waals surface area contributed by atoms with Crippen LogP contribution in [0.3, 0.4) is 0 Å². The SMILES string of the molecule is CC.CNC(C)c1nc(-c2ccc(C(=O)Nc3ccccn3)cc2)c2c(N)nccn12. The van der Waals surface area contributed by atoms with E-state index in [2.05, 4.69) is 20.6 Å². The van der Waals surface area contributed by atoms with Gasteiger partial charge in [-0.1, -0.05) is 32.0 Å². The maximum atomic E-state index is 12.5. The maximum absolute atomic E-state index is 12.5. The summed E-state index contributed by atoms with van der Waals surface area (Å²) in [6.07, 6.45) is 5.13. The largest absolute Gasteiger partial charge is 0.382 e. The van der Waals surface area contributed by atoms with E-state index >= 15 is 0 Å². The molecule has 8 heteroatoms. The molecule has 0 saturated carbocycles. The van der Waals surface area contributed by atoms with E-state index in [0.717, 1.165) is 22.6 Å². The minimum atomic E-state index is -0.226. The van der Waals surface area contributed by atoms with Crippen molar-refractivity contribution in [3.05, 3.63) is 72.4 Å². The first-order valence-electron chi connectivity index (χ1n) is 10.2. The monoisotopic (exact) mass is 417 g/mol. The number of pyridine rings is 1. The van der Waals surface area contributed by atoms with E-state index in [1.165, 1.54) is 0 Å². The number of nitrogens with two attached hydrogens (primary N) is 1. The van der Waals surface area contributed by atoms with Crippen LogP contribution in [0.25, 0.3) is 16.8 Å². The van der Waals surface area contributed by atoms with Crippen molar-refractivity contribution in [2.45, 2.75) is 26.8 Å². The number of nitrogen functional groups attached to an aromatic ring is 1. The molecule has 0 fully saturated rings. The first-order chi connectivity index (χ1) is 15.1. The summed E-state index contributed by atoms with van der Waals surface area (Å²) in [4.78, 5) is 25.6. The number of nitrogens with zero attached hydrogens (tertiary/aromatic N) is 4. The van der Waals surface area contributed by atoms with E-state index in [0.29, 0.717) is 17.2 Å². The number of aromatic nitrogens is 4. The van der Waals surface area contributed by atoms with Crippen molar-refractivity contribution >= 4 is 23.1 Å². The highest BCUT2D eigenvalue weighted by Gasteiger charge is 2.19. The van der Waals surface area contributed by atoms with Crippen molar-refractivity contribution < 1.29 is 4.79 Å². The van der Waals surface area contributed by atoms with Crippen molar-refractivity contribution in [3.63, 3.8) is 0 Å². The lowest BCUT2D eigenvalue weighted by Gasteiger charge is -2.08. The van der Waals surface area contributed by atoms with Crippen LogP contribution in [0.15, 0.2) is 61.1 Å². The second-order valence-electron chi connectivity index (χ2n) is 6.61. The molecule has 0 aliphatic heterocycles. The fourth-order valence-electron chi connectivity index (χ4n) is 3.13. The quantitative estimate of drug-likeness (QED) is 0.454. The summed E-state index contributed by atoms with van der Waals surface area (Å²) < 4.78 is 1.94. The molecule has 31 heavy (non-hydrogen) atoms. The molecular weight excluding hydrogens is 390 g/mol. The van der Waals surface area contributed by atoms with Crippen molar-refractivity contribution in [2.24, 2.45) is 0 Å². The number of amides is 1. The van der Waals surface area contributed by atoms with Gasteiger partial charge in [0.25, 0.3) is 5.91 Å². The zero-order valence-electron chi connectivity index (χ0n) is 18.1. The molecule has 3 heterocycles. The highest BCUT2D eigenvalue weighted by atomic mass is 16.1. The number of imidazole rings is 1. The summed E-state index contributed by atoms with van der Waals surface area (Å²) in [7, 11) is 1.88. The standard InChI is InChI=1S/C21H21N7O.C2H6/c1-13(23-2)20-27-17(18-19(22)25-11-12-28(18)20)14-6-8-15(9-7-14)21(29)26-16-5-3-4-10-24-16;1-2/h3-13,23H,1-2H3,(H2,22,25)(H,24,26,29);1-2H3. The van der Waals surface area contributed by atoms with E-state index in [9.17, 15) is 4.79 Å². The van der Waals surface area contributed by atoms with Crippen molar-refractivity contribution in [1.29, 1.82) is 0 Å². The third kappa shape index (κ3) is 4.54. The third-order valence-electron chi connectivity index (χ3n) is 4.76. The Labute approximate surface area is 181 Å². The number of hydrogen-bond donors (Lipinski definition) is 3. The Kier molecular flexibility index (Phi) is 6.94. The van der Waals surface area contributed by atoms with E-state index in [1.807, 2.05) is 56.6 Å². The molecule has 1 atom stereocenters. The molecule has 0 radical (unpaired) electrons. The summed E-state index contributed by atoms with van der Waals surface area (Å²) in [5, 5.41) is 5.98. The maximum Gasteiger partial charge on any atom is 0.256 e. The Balaban J connectivity index is 0.00000132. The van der Waals surface area contributed by atoms with Crippen LogP contribution in [0, 0.1) is 0 Å². The number of rotatable bonds is 5. The Morgan fingerprint density at radius 3 is 2.45 bits per heavy atom. The molecule has 1 unspecified atom stereocenters. The smallest absolute Gasteiger partial charge is 0.256 e. The number of carbonyl (C=O) groups is 1. The van der Waals surface area contributed by atoms with Crippen LogP contribution in [0.2, 0.25) is 0 Å². The molecule has 0 aliphatic carbocycles. The van der Waals surface area contributed by atoms with Crippen LogP contribution < -0.4 is 16.4 Å². The van der Waals surface area contributed by atoms with Crippen molar-refractivity contribution in [2.75, 3.05) is 18.1 Å². The van der Waals surface area contributed by atoms with Crippen LogP contribution in [0.1, 0.15) is 43.0 Å². The Morgan fingerprint density at radius 1 is 1.06 bits per heavy atom. The average Bonchev–Trinajstić information content (AvgIpc) is 3.22. The number of hydrogen-bond acceptors (Lipinski definition) is 6. The molecule has 0 aliphatic rings. The molecule has 160 valence electrons. The van der Waals surface area contributed by atoms with Gasteiger partial charge in [0.15, 0.2) is 0 Å². The molecule has 3 aromatic heterocycles. The average molecular weight is 418 g/mol. The Bertz CT molecular complexity index is 1150. The van der Waals surface area contributed by atoms with Crippen LogP contribution in [0.5, 0.6) is 0 Å². The van der Waals surface area contributed by atoms with Crippen LogP contribution >= 0.6 is 0 Å². The minimum Gasteiger partial charge on any atom is -0.382 e. The normalized spacial score (nSPS) is 11.5. The van der Waals surface area contributed by atoms with Crippen LogP contribution in [0.4, 0.5) is 11.6 Å². The molecule has 0 bridgehead atoms. The molecule has 8 nitrogen and oxygen atoms in total. The van der Waals surface area contributed by atoms with Crippen LogP contribution in [-0.2, 0) is 0 Å². The van der Waals surface area contributed by atoms with Gasteiger partial charge in [-0.3, -0.25) is 9.20 Å². The van der Waals surface area contributed by atoms with Gasteiger partial charge in [0.1, 0.15) is 28.7 Å². The van der Waals surface area contributed by atoms with Gasteiger partial charge in [0.05, 0.1) is 6.04 Å². The van der Waals surface area contributed by atoms with Gasteiger partial charge in [0, 0.05) is 29.7 Å². The fraction of sp³-hybridized carbons (Fsp3) is 0.217. The van der Waals surface area contributed by atoms with Gasteiger partial charge >= 0.3 is 0 Å². The molecular formula is C23H27N7O. The summed E-state index contributed by atoms with van der Waals surface area (Å²) in [6, 6.07) is 12.6. The van der Waals surface area contributed by atoms with Gasteiger partial charge in [-0.2, -0.15) is 0 Å². The van der Waals surface area contributed by atoms with Gasteiger partial charge < -0.3 is 16.4 Å². The highest BCUT2D eigenvalue weighted by Crippen LogP contribution is 2.30. The molecule has 0 saturated heterocycles. The Morgan fingerprint density at radius 2 is 1.81 bits per heavy atom. The third-order valence-corrected chi connectivity index (χ3v) is 4.76. The lowest BCUT2D eigenvalue weighted by Crippen LogP contribution is -2.15. The van der Waals surface area contributed by atoms with E-state index in [-0.39, 0.29) is 11.9 Å². The van der Waals surface area contributed by atoms with Crippen LogP contribution in [-0.4, -0.2) is 32.3 Å². The van der Waals surface area contributed by atoms with Gasteiger partial charge in [-0.25, -0.2) is 15.0 Å². The molecule has 4 N–H and O–H groups in total. The molecule has 1 amide bonds. The number of anilines is 2. The van der Waals surface area contributed by atoms with Gasteiger partial charge in [0.2, 0.25) is 0 Å². The lowest BCUT2D eigenvalue weighted by molar-refractivity contribution is 0.102. The molecule has 4 aromatic rings. The zero-order chi connectivity index (χ0) is 22.4. The first-order valence-corrected chi connectivity index (χ1v) is 10.2. The summed E-state index contributed by atoms with van der Waals surface area (Å²) >= 11 is 0. The second kappa shape index (κ2) is 9.82. The zero-order valence-corrected chi connectivity index (χ0v) is 18.1. The summed E-state index contributed by atoms with van der Waals surface area (Å²) in [5.41, 5.74) is 9.00. The van der Waals surface area contributed by atoms with Crippen molar-refractivity contribution in [1.82, 2.24) is 24.7 Å². The predicted molar refractivity (Wildman–Crippen MR) is 124 cm³/mol. The second-order valence-corrected chi connectivity index (χ2v) is 6.61. The Hall–Kier alpha value is -3.78. The number of carbonyl (C=O) groups excluding carboxylic acids is 1. The topological polar surface area (TPSA) is 110 Å². The fourth-order valence-corrected chi connectivity index (χ4v) is 3.13. The van der Waals surface area contributed by atoms with E-state index < -0.39 is 0 Å². The highest BCUT2D eigenvalue weighted by molar-refractivity contribution is 6.04. The summed E-state index contributed by atoms with van der Waals surface area (Å²) in [5.74, 6) is 1.52. The van der Waals surface area contributed by atoms with Gasteiger partial charge in [-0.15, -0.1) is 0 Å². The van der Waals surface area contributed by atoms with E-state index in [1.54, 1.807) is 36.7 Å². The number of fused-ring (bicyclic) bond motifs is 1. The summed E-state index contributed by atoms with van der Waals surface area (Å²) in [6.45, 7) is 6.03. The molecule has 0 spiro atoms. The number of nitrogens with one attached hydrogen (secondary N) is 2. The number of benzene rings is 1. The van der Waals surface area contributed by atoms with Crippen molar-refractivity contribution in [3.8, 4) is 11.3 Å². The minimum absolute atomic E-state index is 0.0291. The first kappa shape index (κ1) is 21.9. The van der Waals surface area contributed by atoms with E-state index in [4.69, 9.17) is 10.7 Å². The predicted octanol–water partition coefficient (Wildman–Crippen LogP) is 3.93. The molecule has 1 aromatic carbocycles. The van der Waals surface area contributed by atoms with Gasteiger partial charge in [-0.05, 0) is 38.2 Å².